The molecule has 1 aliphatic carbocycles. The van der Waals surface area contributed by atoms with Gasteiger partial charge in [0, 0.05) is 28.8 Å². The Balaban J connectivity index is 1.53. The fourth-order valence-electron chi connectivity index (χ4n) is 4.85. The number of nitrogens with zero attached hydrogens (tertiary/aromatic N) is 3. The van der Waals surface area contributed by atoms with Crippen LogP contribution < -0.4 is 5.32 Å². The molecule has 198 valence electrons. The highest BCUT2D eigenvalue weighted by Gasteiger charge is 2.39. The van der Waals surface area contributed by atoms with E-state index in [1.54, 1.807) is 11.6 Å². The maximum atomic E-state index is 14.5. The van der Waals surface area contributed by atoms with Crippen molar-refractivity contribution in [2.45, 2.75) is 37.6 Å². The summed E-state index contributed by atoms with van der Waals surface area (Å²) < 4.78 is 38.8. The number of ether oxygens (including phenoxy) is 1. The van der Waals surface area contributed by atoms with Gasteiger partial charge in [0.1, 0.15) is 12.3 Å². The Hall–Kier alpha value is -3.64. The number of benzene rings is 1. The number of aromatic nitrogens is 2. The molecule has 2 aromatic heterocycles. The van der Waals surface area contributed by atoms with Gasteiger partial charge >= 0.3 is 11.9 Å². The largest absolute Gasteiger partial charge is 0.476 e. The van der Waals surface area contributed by atoms with Crippen LogP contribution in [0.1, 0.15) is 64.6 Å². The number of hydrogen-bond acceptors (Lipinski definition) is 9. The monoisotopic (exact) mass is 562 g/mol. The number of halogens is 3. The zero-order valence-corrected chi connectivity index (χ0v) is 21.5. The summed E-state index contributed by atoms with van der Waals surface area (Å²) in [5.74, 6) is -3.71. The number of hydrogen-bond donors (Lipinski definition) is 2. The number of methoxy groups -OCH3 is 1. The van der Waals surface area contributed by atoms with E-state index in [4.69, 9.17) is 25.9 Å². The Kier molecular flexibility index (Phi) is 7.26. The smallest absolute Gasteiger partial charge is 0.357 e. The van der Waals surface area contributed by atoms with Crippen molar-refractivity contribution >= 4 is 40.7 Å². The predicted molar refractivity (Wildman–Crippen MR) is 133 cm³/mol. The number of carboxylic acid groups (broad SMARTS) is 1. The fraction of sp³-hybridized carbons (Fsp3) is 0.320. The molecule has 1 saturated carbocycles. The third-order valence-corrected chi connectivity index (χ3v) is 7.86. The van der Waals surface area contributed by atoms with Crippen LogP contribution in [0, 0.1) is 17.6 Å². The van der Waals surface area contributed by atoms with Crippen LogP contribution in [0.3, 0.4) is 0 Å². The lowest BCUT2D eigenvalue weighted by molar-refractivity contribution is -0.136. The summed E-state index contributed by atoms with van der Waals surface area (Å²) in [5, 5.41) is 14.2. The van der Waals surface area contributed by atoms with Crippen LogP contribution in [0.15, 0.2) is 50.7 Å². The van der Waals surface area contributed by atoms with E-state index in [9.17, 15) is 18.4 Å². The highest BCUT2D eigenvalue weighted by molar-refractivity contribution is 7.11. The van der Waals surface area contributed by atoms with Crippen LogP contribution in [0.2, 0.25) is 5.02 Å². The van der Waals surface area contributed by atoms with Crippen LogP contribution >= 0.6 is 22.9 Å². The summed E-state index contributed by atoms with van der Waals surface area (Å²) >= 11 is 7.53. The summed E-state index contributed by atoms with van der Waals surface area (Å²) in [6.45, 7) is 0. The fourth-order valence-corrected chi connectivity index (χ4v) is 5.69. The van der Waals surface area contributed by atoms with Gasteiger partial charge in [-0.3, -0.25) is 4.99 Å². The van der Waals surface area contributed by atoms with Crippen molar-refractivity contribution in [3.8, 4) is 0 Å². The van der Waals surface area contributed by atoms with Gasteiger partial charge in [0.15, 0.2) is 34.1 Å². The summed E-state index contributed by atoms with van der Waals surface area (Å²) in [4.78, 5) is 37.3. The van der Waals surface area contributed by atoms with Gasteiger partial charge in [0.2, 0.25) is 0 Å². The summed E-state index contributed by atoms with van der Waals surface area (Å²) in [6.07, 6.45) is 5.16. The van der Waals surface area contributed by atoms with Gasteiger partial charge in [0.05, 0.1) is 17.7 Å². The number of allylic oxidation sites excluding steroid dienone is 1. The number of esters is 1. The molecule has 1 atom stereocenters. The molecule has 5 rings (SSSR count). The van der Waals surface area contributed by atoms with Crippen molar-refractivity contribution in [3.05, 3.63) is 80.1 Å². The highest BCUT2D eigenvalue weighted by atomic mass is 35.5. The van der Waals surface area contributed by atoms with Crippen LogP contribution in [-0.4, -0.2) is 40.0 Å². The van der Waals surface area contributed by atoms with Crippen molar-refractivity contribution in [2.75, 3.05) is 7.11 Å². The van der Waals surface area contributed by atoms with Crippen LogP contribution in [0.25, 0.3) is 0 Å². The summed E-state index contributed by atoms with van der Waals surface area (Å²) in [5.41, 5.74) is 0.657. The minimum atomic E-state index is -1.23. The zero-order valence-electron chi connectivity index (χ0n) is 19.9. The molecule has 13 heteroatoms. The molecule has 1 fully saturated rings. The Bertz CT molecular complexity index is 1450. The minimum absolute atomic E-state index is 0.0892. The van der Waals surface area contributed by atoms with Crippen LogP contribution in [0.5, 0.6) is 0 Å². The number of nitrogens with one attached hydrogen (secondary N) is 1. The molecule has 0 amide bonds. The maximum absolute atomic E-state index is 14.5. The normalized spacial score (nSPS) is 21.6. The number of aromatic carboxylic acids is 1. The Morgan fingerprint density at radius 3 is 2.58 bits per heavy atom. The van der Waals surface area contributed by atoms with E-state index in [0.717, 1.165) is 12.3 Å². The lowest BCUT2D eigenvalue weighted by atomic mass is 9.78. The van der Waals surface area contributed by atoms with Gasteiger partial charge < -0.3 is 19.6 Å². The second-order valence-electron chi connectivity index (χ2n) is 8.85. The maximum Gasteiger partial charge on any atom is 0.357 e. The van der Waals surface area contributed by atoms with Gasteiger partial charge in [-0.1, -0.05) is 17.7 Å². The van der Waals surface area contributed by atoms with E-state index in [-0.39, 0.29) is 28.7 Å². The van der Waals surface area contributed by atoms with Crippen molar-refractivity contribution < 1.29 is 32.6 Å². The number of carbonyl (C=O) groups excluding carboxylic acids is 1. The van der Waals surface area contributed by atoms with E-state index in [2.05, 4.69) is 20.3 Å². The number of rotatable bonds is 6. The molecule has 0 bridgehead atoms. The van der Waals surface area contributed by atoms with Gasteiger partial charge in [-0.15, -0.1) is 11.3 Å². The van der Waals surface area contributed by atoms with Gasteiger partial charge in [-0.05, 0) is 37.7 Å². The van der Waals surface area contributed by atoms with Crippen molar-refractivity contribution in [2.24, 2.45) is 10.9 Å². The first-order valence-electron chi connectivity index (χ1n) is 11.7. The Morgan fingerprint density at radius 1 is 1.21 bits per heavy atom. The second kappa shape index (κ2) is 10.6. The third-order valence-electron chi connectivity index (χ3n) is 6.70. The first kappa shape index (κ1) is 26.0. The third kappa shape index (κ3) is 4.81. The summed E-state index contributed by atoms with van der Waals surface area (Å²) in [6, 6.07) is 1.18. The standard InChI is InChI=1S/C25H21ClF2N4O5S/c1-36-25(35)16-19(11-2-4-12(5-3-11)22-30-15(10-37-22)24(33)34)31-21(23-29-8-9-38-23)32-20(16)13-6-7-14(27)18(28)17(13)26/h6-12,20H,2-5H2,1H3,(H,31,32)(H,33,34). The molecule has 1 aromatic carbocycles. The van der Waals surface area contributed by atoms with Gasteiger partial charge in [-0.2, -0.15) is 0 Å². The van der Waals surface area contributed by atoms with E-state index in [1.165, 1.54) is 24.5 Å². The Morgan fingerprint density at radius 2 is 1.95 bits per heavy atom. The molecule has 9 nitrogen and oxygen atoms in total. The van der Waals surface area contributed by atoms with E-state index >= 15 is 0 Å². The van der Waals surface area contributed by atoms with Gasteiger partial charge in [0.25, 0.3) is 0 Å². The molecule has 0 spiro atoms. The number of oxazole rings is 1. The van der Waals surface area contributed by atoms with Crippen molar-refractivity contribution in [1.29, 1.82) is 0 Å². The lowest BCUT2D eigenvalue weighted by Gasteiger charge is -2.34. The first-order chi connectivity index (χ1) is 18.3. The van der Waals surface area contributed by atoms with E-state index < -0.39 is 34.6 Å². The molecule has 2 aliphatic rings. The topological polar surface area (TPSA) is 127 Å². The quantitative estimate of drug-likeness (QED) is 0.308. The van der Waals surface area contributed by atoms with Crippen molar-refractivity contribution in [3.63, 3.8) is 0 Å². The molecule has 2 N–H and O–H groups in total. The average molecular weight is 563 g/mol. The highest BCUT2D eigenvalue weighted by Crippen LogP contribution is 2.44. The number of carbonyl (C=O) groups is 2. The molecule has 1 unspecified atom stereocenters. The zero-order chi connectivity index (χ0) is 27.0. The van der Waals surface area contributed by atoms with Gasteiger partial charge in [-0.25, -0.2) is 28.3 Å². The average Bonchev–Trinajstić information content (AvgIpc) is 3.64. The second-order valence-corrected chi connectivity index (χ2v) is 10.1. The number of aliphatic imine (C=N–C) groups is 1. The number of carboxylic acids is 1. The SMILES string of the molecule is COC(=O)C1=C(C2CCC(c3nc(C(=O)O)co3)CC2)NC(c2nccs2)=NC1c1ccc(F)c(F)c1Cl. The first-order valence-corrected chi connectivity index (χ1v) is 12.9. The molecule has 3 heterocycles. The molecular formula is C25H21ClF2N4O5S. The molecular weight excluding hydrogens is 542 g/mol. The molecule has 0 saturated heterocycles. The number of thiazole rings is 1. The molecule has 3 aromatic rings. The van der Waals surface area contributed by atoms with Crippen LogP contribution in [-0.2, 0) is 9.53 Å². The molecule has 38 heavy (non-hydrogen) atoms. The number of amidine groups is 1. The van der Waals surface area contributed by atoms with E-state index in [1.807, 2.05) is 0 Å². The minimum Gasteiger partial charge on any atom is -0.476 e. The molecule has 0 radical (unpaired) electrons. The molecule has 1 aliphatic heterocycles. The summed E-state index contributed by atoms with van der Waals surface area (Å²) in [7, 11) is 1.23. The van der Waals surface area contributed by atoms with E-state index in [0.29, 0.717) is 48.1 Å². The van der Waals surface area contributed by atoms with Crippen LogP contribution in [0.4, 0.5) is 8.78 Å². The van der Waals surface area contributed by atoms with Crippen molar-refractivity contribution in [1.82, 2.24) is 15.3 Å². The lowest BCUT2D eigenvalue weighted by Crippen LogP contribution is -2.37. The Labute approximate surface area is 224 Å². The predicted octanol–water partition coefficient (Wildman–Crippen LogP) is 5.25.